The van der Waals surface area contributed by atoms with Crippen LogP contribution in [0.2, 0.25) is 0 Å². The molecule has 0 aromatic rings. The highest BCUT2D eigenvalue weighted by Gasteiger charge is 2.30. The molecule has 0 saturated heterocycles. The topological polar surface area (TPSA) is 237 Å². The third-order valence-electron chi connectivity index (χ3n) is 17.5. The zero-order valence-electron chi connectivity index (χ0n) is 63.9. The Bertz CT molecular complexity index is 2130. The van der Waals surface area contributed by atoms with Crippen LogP contribution in [0, 0.1) is 0 Å². The molecule has 584 valence electrons. The lowest BCUT2D eigenvalue weighted by Gasteiger charge is -2.21. The summed E-state index contributed by atoms with van der Waals surface area (Å²) in [5.74, 6) is -2.19. The molecule has 0 amide bonds. The van der Waals surface area contributed by atoms with Crippen molar-refractivity contribution in [3.63, 3.8) is 0 Å². The minimum Gasteiger partial charge on any atom is -0.462 e. The summed E-state index contributed by atoms with van der Waals surface area (Å²) in [5, 5.41) is 10.6. The number of aliphatic hydroxyl groups excluding tert-OH is 1. The number of carbonyl (C=O) groups excluding carboxylic acids is 4. The molecular weight excluding hydrogens is 1310 g/mol. The third-order valence-corrected chi connectivity index (χ3v) is 19.4. The van der Waals surface area contributed by atoms with Gasteiger partial charge in [-0.1, -0.05) is 281 Å². The van der Waals surface area contributed by atoms with Crippen LogP contribution in [0.5, 0.6) is 0 Å². The van der Waals surface area contributed by atoms with Crippen molar-refractivity contribution in [1.29, 1.82) is 0 Å². The van der Waals surface area contributed by atoms with Crippen LogP contribution >= 0.6 is 15.6 Å². The second kappa shape index (κ2) is 74.0. The molecule has 0 aliphatic rings. The normalized spacial score (nSPS) is 14.2. The van der Waals surface area contributed by atoms with E-state index in [0.29, 0.717) is 25.7 Å². The Balaban J connectivity index is 5.36. The van der Waals surface area contributed by atoms with Crippen LogP contribution in [0.1, 0.15) is 374 Å². The van der Waals surface area contributed by atoms with Crippen molar-refractivity contribution in [3.05, 3.63) is 60.8 Å². The highest BCUT2D eigenvalue weighted by molar-refractivity contribution is 7.47. The highest BCUT2D eigenvalue weighted by atomic mass is 31.2. The number of esters is 4. The fourth-order valence-electron chi connectivity index (χ4n) is 11.2. The van der Waals surface area contributed by atoms with Crippen LogP contribution in [0.4, 0.5) is 0 Å². The summed E-state index contributed by atoms with van der Waals surface area (Å²) in [4.78, 5) is 73.0. The molecule has 0 saturated carbocycles. The van der Waals surface area contributed by atoms with Crippen LogP contribution in [0.15, 0.2) is 60.8 Å². The van der Waals surface area contributed by atoms with Crippen LogP contribution in [-0.2, 0) is 65.4 Å². The van der Waals surface area contributed by atoms with Crippen LogP contribution < -0.4 is 0 Å². The van der Waals surface area contributed by atoms with Crippen LogP contribution in [0.25, 0.3) is 0 Å². The Labute approximate surface area is 610 Å². The lowest BCUT2D eigenvalue weighted by atomic mass is 10.1. The summed E-state index contributed by atoms with van der Waals surface area (Å²) in [5.41, 5.74) is 0. The summed E-state index contributed by atoms with van der Waals surface area (Å²) in [6, 6.07) is 0. The van der Waals surface area contributed by atoms with Crippen molar-refractivity contribution in [2.75, 3.05) is 39.6 Å². The van der Waals surface area contributed by atoms with Gasteiger partial charge in [-0.05, 0) is 128 Å². The zero-order chi connectivity index (χ0) is 73.2. The SMILES string of the molecule is CCCCCC/C=C\C=C/CCCCCCCC(=O)OC[C@H](COP(=O)(O)OC[C@H](O)COP(=O)(O)OC[C@@H](COC(=O)CCCCCCC/C=C\CCCCCCCC)OC(=O)CCCCCCC/C=C\CCCCCCCC)OC(=O)CCCCCCC/C=C\CCCCCCCC. The van der Waals surface area contributed by atoms with E-state index in [1.807, 2.05) is 0 Å². The summed E-state index contributed by atoms with van der Waals surface area (Å²) in [6.45, 7) is 4.86. The maximum Gasteiger partial charge on any atom is 0.472 e. The molecule has 17 nitrogen and oxygen atoms in total. The van der Waals surface area contributed by atoms with Crippen molar-refractivity contribution in [2.45, 2.75) is 393 Å². The number of hydrogen-bond acceptors (Lipinski definition) is 15. The van der Waals surface area contributed by atoms with E-state index in [0.717, 1.165) is 154 Å². The predicted octanol–water partition coefficient (Wildman–Crippen LogP) is 23.5. The Kier molecular flexibility index (Phi) is 71.6. The molecule has 0 aliphatic heterocycles. The molecule has 5 atom stereocenters. The maximum atomic E-state index is 13.1. The molecular formula is C81H148O17P2. The first-order valence-electron chi connectivity index (χ1n) is 40.5. The molecule has 0 aromatic carbocycles. The molecule has 2 unspecified atom stereocenters. The van der Waals surface area contributed by atoms with Gasteiger partial charge in [-0.25, -0.2) is 9.13 Å². The van der Waals surface area contributed by atoms with Gasteiger partial charge in [-0.3, -0.25) is 37.3 Å². The van der Waals surface area contributed by atoms with Crippen molar-refractivity contribution in [2.24, 2.45) is 0 Å². The maximum absolute atomic E-state index is 13.1. The fraction of sp³-hybridized carbons (Fsp3) is 0.827. The van der Waals surface area contributed by atoms with Gasteiger partial charge in [-0.2, -0.15) is 0 Å². The van der Waals surface area contributed by atoms with Crippen LogP contribution in [0.3, 0.4) is 0 Å². The molecule has 0 bridgehead atoms. The molecule has 19 heteroatoms. The largest absolute Gasteiger partial charge is 0.472 e. The lowest BCUT2D eigenvalue weighted by Crippen LogP contribution is -2.30. The number of carbonyl (C=O) groups is 4. The van der Waals surface area contributed by atoms with E-state index in [4.69, 9.17) is 37.0 Å². The fourth-order valence-corrected chi connectivity index (χ4v) is 12.8. The summed E-state index contributed by atoms with van der Waals surface area (Å²) in [7, 11) is -9.95. The first-order chi connectivity index (χ1) is 48.7. The van der Waals surface area contributed by atoms with Gasteiger partial charge in [0.05, 0.1) is 26.4 Å². The van der Waals surface area contributed by atoms with E-state index < -0.39 is 97.5 Å². The van der Waals surface area contributed by atoms with Gasteiger partial charge in [0, 0.05) is 25.7 Å². The van der Waals surface area contributed by atoms with E-state index in [-0.39, 0.29) is 25.7 Å². The molecule has 0 heterocycles. The number of ether oxygens (including phenoxy) is 4. The summed E-state index contributed by atoms with van der Waals surface area (Å²) >= 11 is 0. The monoisotopic (exact) mass is 1460 g/mol. The minimum atomic E-state index is -4.98. The predicted molar refractivity (Wildman–Crippen MR) is 409 cm³/mol. The standard InChI is InChI=1S/C81H148O17P2/c1-5-9-13-17-21-25-29-33-37-41-45-49-53-57-61-65-78(83)91-71-76(97-80(85)67-63-59-55-51-47-43-39-35-31-27-23-19-15-11-7-3)73-95-99(87,88)93-69-75(82)70-94-100(89,90)96-74-77(98-81(86)68-64-60-56-52-48-44-40-36-32-28-24-20-16-12-8-4)72-92-79(84)66-62-58-54-50-46-42-38-34-30-26-22-18-14-10-6-2/h25,29,33-40,75-77,82H,5-24,26-28,30-32,41-74H2,1-4H3,(H,87,88)(H,89,90)/b29-25-,37-33-,38-34-,39-35-,40-36-/t75-,76+,77+/m0/s1. The number of unbranched alkanes of at least 4 members (excludes halogenated alkanes) is 42. The van der Waals surface area contributed by atoms with Crippen molar-refractivity contribution in [3.8, 4) is 0 Å². The van der Waals surface area contributed by atoms with E-state index >= 15 is 0 Å². The second-order valence-electron chi connectivity index (χ2n) is 27.4. The Hall–Kier alpha value is -3.24. The van der Waals surface area contributed by atoms with Gasteiger partial charge >= 0.3 is 39.5 Å². The smallest absolute Gasteiger partial charge is 0.462 e. The molecule has 0 fully saturated rings. The number of aliphatic hydroxyl groups is 1. The average molecular weight is 1460 g/mol. The Morgan fingerprint density at radius 1 is 0.280 bits per heavy atom. The first-order valence-corrected chi connectivity index (χ1v) is 43.5. The third kappa shape index (κ3) is 73.1. The van der Waals surface area contributed by atoms with Gasteiger partial charge < -0.3 is 33.8 Å². The summed E-state index contributed by atoms with van der Waals surface area (Å²) in [6.07, 6.45) is 73.3. The van der Waals surface area contributed by atoms with Crippen molar-refractivity contribution >= 4 is 39.5 Å². The van der Waals surface area contributed by atoms with E-state index in [1.54, 1.807) is 0 Å². The summed E-state index contributed by atoms with van der Waals surface area (Å²) < 4.78 is 68.6. The molecule has 0 aliphatic carbocycles. The van der Waals surface area contributed by atoms with Crippen molar-refractivity contribution in [1.82, 2.24) is 0 Å². The molecule has 0 rings (SSSR count). The quantitative estimate of drug-likeness (QED) is 0.0128. The highest BCUT2D eigenvalue weighted by Crippen LogP contribution is 2.45. The van der Waals surface area contributed by atoms with Gasteiger partial charge in [0.15, 0.2) is 12.2 Å². The van der Waals surface area contributed by atoms with Gasteiger partial charge in [-0.15, -0.1) is 0 Å². The van der Waals surface area contributed by atoms with E-state index in [1.165, 1.54) is 141 Å². The van der Waals surface area contributed by atoms with E-state index in [9.17, 15) is 43.2 Å². The number of phosphoric ester groups is 2. The molecule has 0 radical (unpaired) electrons. The first kappa shape index (κ1) is 96.8. The van der Waals surface area contributed by atoms with Gasteiger partial charge in [0.2, 0.25) is 0 Å². The number of rotatable bonds is 77. The molecule has 100 heavy (non-hydrogen) atoms. The van der Waals surface area contributed by atoms with Gasteiger partial charge in [0.1, 0.15) is 19.3 Å². The number of hydrogen-bond donors (Lipinski definition) is 3. The minimum absolute atomic E-state index is 0.0851. The van der Waals surface area contributed by atoms with Crippen molar-refractivity contribution < 1.29 is 80.2 Å². The number of phosphoric acid groups is 2. The molecule has 3 N–H and O–H groups in total. The second-order valence-corrected chi connectivity index (χ2v) is 30.3. The van der Waals surface area contributed by atoms with E-state index in [2.05, 4.69) is 88.5 Å². The molecule has 0 spiro atoms. The lowest BCUT2D eigenvalue weighted by molar-refractivity contribution is -0.161. The van der Waals surface area contributed by atoms with Gasteiger partial charge in [0.25, 0.3) is 0 Å². The zero-order valence-corrected chi connectivity index (χ0v) is 65.7. The van der Waals surface area contributed by atoms with Crippen LogP contribution in [-0.4, -0.2) is 96.7 Å². The Morgan fingerprint density at radius 3 is 0.760 bits per heavy atom. The average Bonchev–Trinajstić information content (AvgIpc) is 1.01. The molecule has 0 aromatic heterocycles. The Morgan fingerprint density at radius 2 is 0.490 bits per heavy atom. The number of allylic oxidation sites excluding steroid dienone is 10.